The Bertz CT molecular complexity index is 713. The summed E-state index contributed by atoms with van der Waals surface area (Å²) in [7, 11) is -6.04. The lowest BCUT2D eigenvalue weighted by Gasteiger charge is -2.44. The van der Waals surface area contributed by atoms with Crippen molar-refractivity contribution in [3.63, 3.8) is 0 Å². The minimum Gasteiger partial charge on any atom is -0.200 e. The van der Waals surface area contributed by atoms with E-state index in [9.17, 15) is 74.6 Å². The van der Waals surface area contributed by atoms with E-state index in [0.717, 1.165) is 0 Å². The smallest absolute Gasteiger partial charge is 0.200 e. The van der Waals surface area contributed by atoms with E-state index in [0.29, 0.717) is 0 Å². The van der Waals surface area contributed by atoms with Crippen LogP contribution >= 0.6 is 22.2 Å². The average molecular weight is 619 g/mol. The van der Waals surface area contributed by atoms with Gasteiger partial charge in [0.25, 0.3) is 0 Å². The molecule has 0 aromatic rings. The van der Waals surface area contributed by atoms with Gasteiger partial charge in [0, 0.05) is 5.54 Å². The van der Waals surface area contributed by atoms with Gasteiger partial charge in [-0.1, -0.05) is 13.1 Å². The molecule has 0 radical (unpaired) electrons. The normalized spacial score (nSPS) is 17.6. The van der Waals surface area contributed by atoms with Gasteiger partial charge >= 0.3 is 47.6 Å². The van der Waals surface area contributed by atoms with Crippen molar-refractivity contribution in [2.45, 2.75) is 78.7 Å². The molecule has 21 heteroatoms. The van der Waals surface area contributed by atoms with Crippen LogP contribution in [0.2, 0.25) is 24.7 Å². The Morgan fingerprint density at radius 2 is 0.882 bits per heavy atom. The van der Waals surface area contributed by atoms with Crippen molar-refractivity contribution >= 4 is 38.4 Å². The Hall–Kier alpha value is -0.176. The molecule has 0 aliphatic rings. The first-order valence-corrected chi connectivity index (χ1v) is 15.6. The fourth-order valence-electron chi connectivity index (χ4n) is 2.31. The average Bonchev–Trinajstić information content (AvgIpc) is 2.58. The fraction of sp³-hybridized carbons (Fsp3) is 1.00. The van der Waals surface area contributed by atoms with Crippen molar-refractivity contribution in [2.75, 3.05) is 0 Å². The van der Waals surface area contributed by atoms with E-state index in [1.54, 1.807) is 0 Å². The van der Waals surface area contributed by atoms with E-state index in [2.05, 4.69) is 0 Å². The largest absolute Gasteiger partial charge is 0.460 e. The maximum atomic E-state index is 14.2. The van der Waals surface area contributed by atoms with Gasteiger partial charge in [0.05, 0.1) is 0 Å². The van der Waals surface area contributed by atoms with Crippen LogP contribution in [0.15, 0.2) is 0 Å². The third kappa shape index (κ3) is 5.12. The Balaban J connectivity index is 6.70. The predicted octanol–water partition coefficient (Wildman–Crippen LogP) is 7.94. The molecule has 0 aromatic carbocycles. The maximum Gasteiger partial charge on any atom is 0.460 e. The molecule has 0 heterocycles. The minimum atomic E-state index is -8.62. The molecule has 0 aliphatic carbocycles. The van der Waals surface area contributed by atoms with Gasteiger partial charge < -0.3 is 0 Å². The van der Waals surface area contributed by atoms with Crippen LogP contribution in [0.1, 0.15) is 6.42 Å². The van der Waals surface area contributed by atoms with Crippen molar-refractivity contribution in [3.05, 3.63) is 0 Å². The van der Waals surface area contributed by atoms with Gasteiger partial charge in [0.15, 0.2) is 0 Å². The summed E-state index contributed by atoms with van der Waals surface area (Å²) in [6.07, 6.45) is -9.01. The van der Waals surface area contributed by atoms with Gasteiger partial charge in [-0.15, -0.1) is 0 Å². The lowest BCUT2D eigenvalue weighted by Crippen LogP contribution is -2.74. The number of rotatable bonds is 11. The first-order chi connectivity index (χ1) is 14.4. The van der Waals surface area contributed by atoms with Gasteiger partial charge in [0.1, 0.15) is 16.2 Å². The van der Waals surface area contributed by atoms with Gasteiger partial charge in [-0.25, -0.2) is 0 Å². The van der Waals surface area contributed by atoms with Crippen LogP contribution in [0.4, 0.5) is 74.6 Å². The van der Waals surface area contributed by atoms with Crippen molar-refractivity contribution in [1.82, 2.24) is 0 Å². The highest BCUT2D eigenvalue weighted by molar-refractivity contribution is 7.19. The summed E-state index contributed by atoms with van der Waals surface area (Å²) < 4.78 is 226. The molecule has 0 aromatic heterocycles. The molecule has 0 fully saturated rings. The summed E-state index contributed by atoms with van der Waals surface area (Å²) in [6, 6.07) is -0.585. The first-order valence-electron chi connectivity index (χ1n) is 8.38. The molecule has 0 rings (SSSR count). The maximum absolute atomic E-state index is 14.2. The second-order valence-corrected chi connectivity index (χ2v) is 16.9. The topological polar surface area (TPSA) is 0 Å². The Kier molecular flexibility index (Phi) is 9.24. The van der Waals surface area contributed by atoms with E-state index in [4.69, 9.17) is 22.2 Å². The molecular weight excluding hydrogens is 606 g/mol. The lowest BCUT2D eigenvalue weighted by molar-refractivity contribution is -0.461. The first kappa shape index (κ1) is 33.8. The van der Waals surface area contributed by atoms with Gasteiger partial charge in [-0.3, -0.25) is 0 Å². The van der Waals surface area contributed by atoms with Crippen LogP contribution in [0.25, 0.3) is 0 Å². The number of hydrogen-bond acceptors (Lipinski definition) is 0. The van der Waals surface area contributed by atoms with Crippen LogP contribution in [0.5, 0.6) is 0 Å². The zero-order valence-electron chi connectivity index (χ0n) is 16.4. The van der Waals surface area contributed by atoms with Crippen molar-refractivity contribution in [2.24, 2.45) is 0 Å². The third-order valence-electron chi connectivity index (χ3n) is 4.53. The minimum absolute atomic E-state index is 0.585. The zero-order valence-corrected chi connectivity index (χ0v) is 20.3. The molecule has 206 valence electrons. The quantitative estimate of drug-likeness (QED) is 0.125. The summed E-state index contributed by atoms with van der Waals surface area (Å²) in [6.45, 7) is 2.45. The van der Waals surface area contributed by atoms with E-state index in [-0.39, 0.29) is 0 Å². The summed E-state index contributed by atoms with van der Waals surface area (Å²) in [5, 5.41) is 0. The zero-order chi connectivity index (χ0) is 28.2. The highest BCUT2D eigenvalue weighted by atomic mass is 35.6. The molecule has 1 unspecified atom stereocenters. The summed E-state index contributed by atoms with van der Waals surface area (Å²) in [5.74, 6) is -56.3. The highest BCUT2D eigenvalue weighted by Crippen LogP contribution is 2.65. The van der Waals surface area contributed by atoms with Crippen molar-refractivity contribution in [3.8, 4) is 0 Å². The molecule has 0 bridgehead atoms. The second kappa shape index (κ2) is 9.29. The monoisotopic (exact) mass is 618 g/mol. The molecule has 0 saturated carbocycles. The van der Waals surface area contributed by atoms with E-state index in [1.165, 1.54) is 13.1 Å². The van der Waals surface area contributed by atoms with Gasteiger partial charge in [0.2, 0.25) is 0 Å². The number of alkyl halides is 17. The fourth-order valence-corrected chi connectivity index (χ4v) is 5.93. The Morgan fingerprint density at radius 1 is 0.588 bits per heavy atom. The van der Waals surface area contributed by atoms with E-state index >= 15 is 0 Å². The molecule has 0 aliphatic heterocycles. The summed E-state index contributed by atoms with van der Waals surface area (Å²) in [4.78, 5) is 0. The molecule has 0 N–H and O–H groups in total. The number of halogens is 19. The lowest BCUT2D eigenvalue weighted by atomic mass is 9.88. The SMILES string of the molecule is C[Si](C)(Cl)CCC([SiH2]Cl)C(F)(F)C(F)(F)C(F)(F)C(F)(F)C(F)(F)C(F)(F)C(F)(F)C(F)(F)F. The van der Waals surface area contributed by atoms with Crippen molar-refractivity contribution in [1.29, 1.82) is 0 Å². The molecule has 0 amide bonds. The predicted molar refractivity (Wildman–Crippen MR) is 91.6 cm³/mol. The standard InChI is InChI=1S/C13H13Cl2F17Si2/c1-34(2,15)4-3-5(33-14)6(16,17)7(18,19)8(20,21)9(22,23)10(24,25)11(26,27)12(28,29)13(30,31)32/h5H,3-4,33H2,1-2H3. The molecule has 0 nitrogen and oxygen atoms in total. The molecule has 34 heavy (non-hydrogen) atoms. The Labute approximate surface area is 192 Å². The molecule has 1 atom stereocenters. The second-order valence-electron chi connectivity index (χ2n) is 7.68. The number of hydrogen-bond donors (Lipinski definition) is 0. The van der Waals surface area contributed by atoms with Gasteiger partial charge in [-0.2, -0.15) is 96.8 Å². The van der Waals surface area contributed by atoms with Crippen LogP contribution in [-0.2, 0) is 0 Å². The van der Waals surface area contributed by atoms with Crippen molar-refractivity contribution < 1.29 is 74.6 Å². The highest BCUT2D eigenvalue weighted by Gasteiger charge is 2.95. The third-order valence-corrected chi connectivity index (χ3v) is 8.99. The molecular formula is C13H13Cl2F17Si2. The van der Waals surface area contributed by atoms with E-state index < -0.39 is 81.9 Å². The Morgan fingerprint density at radius 3 is 1.15 bits per heavy atom. The summed E-state index contributed by atoms with van der Waals surface area (Å²) >= 11 is 10.8. The van der Waals surface area contributed by atoms with Crippen LogP contribution in [-0.4, -0.2) is 63.8 Å². The summed E-state index contributed by atoms with van der Waals surface area (Å²) in [5.41, 5.74) is -3.08. The van der Waals surface area contributed by atoms with Gasteiger partial charge in [-0.05, 0) is 12.5 Å². The van der Waals surface area contributed by atoms with Crippen LogP contribution in [0, 0.1) is 0 Å². The molecule has 0 saturated heterocycles. The van der Waals surface area contributed by atoms with Crippen LogP contribution in [0.3, 0.4) is 0 Å². The van der Waals surface area contributed by atoms with E-state index in [1.807, 2.05) is 0 Å². The molecule has 0 spiro atoms. The van der Waals surface area contributed by atoms with Crippen LogP contribution < -0.4 is 0 Å².